The van der Waals surface area contributed by atoms with E-state index in [9.17, 15) is 22.4 Å². The van der Waals surface area contributed by atoms with Crippen LogP contribution in [0.15, 0.2) is 47.4 Å². The maximum atomic E-state index is 13.0. The summed E-state index contributed by atoms with van der Waals surface area (Å²) in [5, 5.41) is 0. The van der Waals surface area contributed by atoms with Crippen LogP contribution in [0.25, 0.3) is 0 Å². The minimum absolute atomic E-state index is 0.0840. The summed E-state index contributed by atoms with van der Waals surface area (Å²) < 4.78 is 40.8. The molecular weight excluding hydrogens is 397 g/mol. The summed E-state index contributed by atoms with van der Waals surface area (Å²) >= 11 is 0. The highest BCUT2D eigenvalue weighted by Gasteiger charge is 2.29. The van der Waals surface area contributed by atoms with Crippen LogP contribution in [-0.4, -0.2) is 38.2 Å². The van der Waals surface area contributed by atoms with Crippen molar-refractivity contribution in [3.63, 3.8) is 0 Å². The number of halogens is 1. The molecule has 7 nitrogen and oxygen atoms in total. The van der Waals surface area contributed by atoms with E-state index < -0.39 is 27.7 Å². The van der Waals surface area contributed by atoms with E-state index in [4.69, 9.17) is 5.73 Å². The van der Waals surface area contributed by atoms with Gasteiger partial charge in [-0.1, -0.05) is 6.07 Å². The van der Waals surface area contributed by atoms with Gasteiger partial charge in [0.05, 0.1) is 10.8 Å². The molecule has 1 unspecified atom stereocenters. The topological polar surface area (TPSA) is 110 Å². The molecule has 1 aliphatic rings. The van der Waals surface area contributed by atoms with Gasteiger partial charge >= 0.3 is 0 Å². The maximum Gasteiger partial charge on any atom is 0.261 e. The second-order valence-electron chi connectivity index (χ2n) is 7.08. The number of amides is 2. The molecule has 0 saturated carbocycles. The van der Waals surface area contributed by atoms with E-state index >= 15 is 0 Å². The number of hydrogen-bond donors (Lipinski definition) is 2. The summed E-state index contributed by atoms with van der Waals surface area (Å²) in [4.78, 5) is 25.9. The molecule has 1 fully saturated rings. The number of nitrogens with one attached hydrogen (secondary N) is 1. The van der Waals surface area contributed by atoms with Crippen molar-refractivity contribution in [3.8, 4) is 0 Å². The molecule has 2 amide bonds. The van der Waals surface area contributed by atoms with E-state index in [1.54, 1.807) is 13.0 Å². The molecule has 0 aromatic heterocycles. The average Bonchev–Trinajstić information content (AvgIpc) is 2.69. The van der Waals surface area contributed by atoms with Crippen molar-refractivity contribution in [2.24, 2.45) is 11.7 Å². The molecule has 2 aromatic carbocycles. The van der Waals surface area contributed by atoms with E-state index in [1.807, 2.05) is 0 Å². The fraction of sp³-hybridized carbons (Fsp3) is 0.300. The number of carbonyl (C=O) groups is 2. The number of carbonyl (C=O) groups excluding carboxylic acids is 2. The van der Waals surface area contributed by atoms with E-state index in [0.29, 0.717) is 24.9 Å². The summed E-state index contributed by atoms with van der Waals surface area (Å²) in [6, 6.07) is 9.19. The van der Waals surface area contributed by atoms with Crippen LogP contribution in [0.1, 0.15) is 28.8 Å². The Morgan fingerprint density at radius 2 is 1.86 bits per heavy atom. The minimum atomic E-state index is -3.97. The van der Waals surface area contributed by atoms with Crippen LogP contribution >= 0.6 is 0 Å². The smallest absolute Gasteiger partial charge is 0.261 e. The van der Waals surface area contributed by atoms with Crippen LogP contribution in [0, 0.1) is 18.7 Å². The molecule has 1 saturated heterocycles. The zero-order chi connectivity index (χ0) is 21.2. The number of sulfonamides is 1. The van der Waals surface area contributed by atoms with Crippen molar-refractivity contribution in [2.45, 2.75) is 24.7 Å². The molecule has 1 heterocycles. The number of benzene rings is 2. The molecule has 0 aliphatic carbocycles. The summed E-state index contributed by atoms with van der Waals surface area (Å²) in [6.45, 7) is 2.41. The Bertz CT molecular complexity index is 1040. The van der Waals surface area contributed by atoms with Gasteiger partial charge in [-0.15, -0.1) is 0 Å². The zero-order valence-corrected chi connectivity index (χ0v) is 16.7. The highest BCUT2D eigenvalue weighted by molar-refractivity contribution is 7.92. The van der Waals surface area contributed by atoms with E-state index in [0.717, 1.165) is 12.1 Å². The van der Waals surface area contributed by atoms with Gasteiger partial charge in [-0.05, 0) is 61.7 Å². The predicted molar refractivity (Wildman–Crippen MR) is 106 cm³/mol. The normalized spacial score (nSPS) is 17.0. The lowest BCUT2D eigenvalue weighted by Gasteiger charge is -2.31. The Morgan fingerprint density at radius 1 is 1.17 bits per heavy atom. The van der Waals surface area contributed by atoms with Gasteiger partial charge in [0.2, 0.25) is 5.91 Å². The SMILES string of the molecule is Cc1ccc(S(=O)(=O)Nc2ccc(F)cc2)cc1C(=O)N1CCCC(C(N)=O)C1. The van der Waals surface area contributed by atoms with Crippen LogP contribution in [0.5, 0.6) is 0 Å². The average molecular weight is 419 g/mol. The van der Waals surface area contributed by atoms with Gasteiger partial charge < -0.3 is 10.6 Å². The minimum Gasteiger partial charge on any atom is -0.369 e. The highest BCUT2D eigenvalue weighted by atomic mass is 32.2. The Hall–Kier alpha value is -2.94. The lowest BCUT2D eigenvalue weighted by molar-refractivity contribution is -0.123. The molecule has 3 rings (SSSR count). The monoisotopic (exact) mass is 419 g/mol. The molecule has 0 spiro atoms. The Kier molecular flexibility index (Phi) is 5.88. The number of aryl methyl sites for hydroxylation is 1. The fourth-order valence-electron chi connectivity index (χ4n) is 3.29. The first kappa shape index (κ1) is 20.8. The lowest BCUT2D eigenvalue weighted by Crippen LogP contribution is -2.44. The zero-order valence-electron chi connectivity index (χ0n) is 15.9. The van der Waals surface area contributed by atoms with Crippen LogP contribution in [0.4, 0.5) is 10.1 Å². The number of anilines is 1. The molecule has 9 heteroatoms. The third-order valence-electron chi connectivity index (χ3n) is 4.96. The van der Waals surface area contributed by atoms with Crippen molar-refractivity contribution < 1.29 is 22.4 Å². The molecule has 154 valence electrons. The summed E-state index contributed by atoms with van der Waals surface area (Å²) in [6.07, 6.45) is 1.29. The molecule has 29 heavy (non-hydrogen) atoms. The standard InChI is InChI=1S/C20H22FN3O4S/c1-13-4-9-17(29(27,28)23-16-7-5-15(21)6-8-16)11-18(13)20(26)24-10-2-3-14(12-24)19(22)25/h4-9,11,14,23H,2-3,10,12H2,1H3,(H2,22,25). The fourth-order valence-corrected chi connectivity index (χ4v) is 4.38. The van der Waals surface area contributed by atoms with Gasteiger partial charge in [-0.2, -0.15) is 0 Å². The van der Waals surface area contributed by atoms with E-state index in [-0.39, 0.29) is 28.6 Å². The number of rotatable bonds is 5. The number of likely N-dealkylation sites (tertiary alicyclic amines) is 1. The van der Waals surface area contributed by atoms with E-state index in [2.05, 4.69) is 4.72 Å². The van der Waals surface area contributed by atoms with Gasteiger partial charge in [0.15, 0.2) is 0 Å². The van der Waals surface area contributed by atoms with Crippen LogP contribution in [0.2, 0.25) is 0 Å². The van der Waals surface area contributed by atoms with Crippen molar-refractivity contribution in [1.82, 2.24) is 4.90 Å². The predicted octanol–water partition coefficient (Wildman–Crippen LogP) is 2.27. The third-order valence-corrected chi connectivity index (χ3v) is 6.34. The first-order valence-electron chi connectivity index (χ1n) is 9.15. The third kappa shape index (κ3) is 4.73. The summed E-state index contributed by atoms with van der Waals surface area (Å²) in [5.74, 6) is -1.67. The van der Waals surface area contributed by atoms with Crippen LogP contribution in [-0.2, 0) is 14.8 Å². The molecule has 3 N–H and O–H groups in total. The van der Waals surface area contributed by atoms with Crippen molar-refractivity contribution >= 4 is 27.5 Å². The largest absolute Gasteiger partial charge is 0.369 e. The van der Waals surface area contributed by atoms with Gasteiger partial charge in [-0.3, -0.25) is 14.3 Å². The van der Waals surface area contributed by atoms with E-state index in [1.165, 1.54) is 29.2 Å². The lowest BCUT2D eigenvalue weighted by atomic mass is 9.96. The number of primary amides is 1. The first-order valence-corrected chi connectivity index (χ1v) is 10.6. The maximum absolute atomic E-state index is 13.0. The first-order chi connectivity index (χ1) is 13.7. The molecule has 0 bridgehead atoms. The summed E-state index contributed by atoms with van der Waals surface area (Å²) in [5.41, 5.74) is 6.45. The second-order valence-corrected chi connectivity index (χ2v) is 8.76. The van der Waals surface area contributed by atoms with Crippen molar-refractivity contribution in [1.29, 1.82) is 0 Å². The molecular formula is C20H22FN3O4S. The Morgan fingerprint density at radius 3 is 2.52 bits per heavy atom. The molecule has 2 aromatic rings. The Balaban J connectivity index is 1.86. The van der Waals surface area contributed by atoms with Crippen LogP contribution < -0.4 is 10.5 Å². The van der Waals surface area contributed by atoms with Gasteiger partial charge in [-0.25, -0.2) is 12.8 Å². The van der Waals surface area contributed by atoms with Gasteiger partial charge in [0.25, 0.3) is 15.9 Å². The second kappa shape index (κ2) is 8.20. The number of piperidine rings is 1. The van der Waals surface area contributed by atoms with Gasteiger partial charge in [0, 0.05) is 24.3 Å². The number of nitrogens with two attached hydrogens (primary N) is 1. The molecule has 1 atom stereocenters. The molecule has 1 aliphatic heterocycles. The Labute approximate surface area is 168 Å². The summed E-state index contributed by atoms with van der Waals surface area (Å²) in [7, 11) is -3.97. The number of hydrogen-bond acceptors (Lipinski definition) is 4. The quantitative estimate of drug-likeness (QED) is 0.775. The van der Waals surface area contributed by atoms with Crippen molar-refractivity contribution in [3.05, 3.63) is 59.4 Å². The van der Waals surface area contributed by atoms with Crippen molar-refractivity contribution in [2.75, 3.05) is 17.8 Å². The highest BCUT2D eigenvalue weighted by Crippen LogP contribution is 2.23. The number of nitrogens with zero attached hydrogens (tertiary/aromatic N) is 1. The van der Waals surface area contributed by atoms with Gasteiger partial charge in [0.1, 0.15) is 5.82 Å². The molecule has 0 radical (unpaired) electrons. The van der Waals surface area contributed by atoms with Crippen LogP contribution in [0.3, 0.4) is 0 Å².